The van der Waals surface area contributed by atoms with E-state index in [1.54, 1.807) is 6.92 Å². The number of aromatic nitrogens is 2. The van der Waals surface area contributed by atoms with Crippen molar-refractivity contribution >= 4 is 15.8 Å². The number of ether oxygens (including phenoxy) is 1. The minimum Gasteiger partial charge on any atom is -0.505 e. The van der Waals surface area contributed by atoms with Crippen LogP contribution in [0.5, 0.6) is 5.75 Å². The topological polar surface area (TPSA) is 116 Å². The number of rotatable bonds is 4. The van der Waals surface area contributed by atoms with Gasteiger partial charge < -0.3 is 9.84 Å². The average molecular weight is 352 g/mol. The molecule has 0 atom stereocenters. The number of aryl methyl sites for hydroxylation is 1. The van der Waals surface area contributed by atoms with Crippen LogP contribution in [-0.2, 0) is 21.6 Å². The molecule has 0 aliphatic heterocycles. The van der Waals surface area contributed by atoms with Gasteiger partial charge in [0.15, 0.2) is 15.6 Å². The average Bonchev–Trinajstić information content (AvgIpc) is 2.51. The number of carbonyl (C=O) groups is 1. The van der Waals surface area contributed by atoms with E-state index >= 15 is 0 Å². The Bertz CT molecular complexity index is 945. The van der Waals surface area contributed by atoms with Crippen LogP contribution in [0.4, 0.5) is 0 Å². The molecule has 0 unspecified atom stereocenters. The highest BCUT2D eigenvalue weighted by atomic mass is 32.2. The monoisotopic (exact) mass is 352 g/mol. The first-order chi connectivity index (χ1) is 11.2. The van der Waals surface area contributed by atoms with Gasteiger partial charge in [-0.1, -0.05) is 12.1 Å². The van der Waals surface area contributed by atoms with Crippen molar-refractivity contribution in [2.24, 2.45) is 7.05 Å². The Labute approximate surface area is 138 Å². The van der Waals surface area contributed by atoms with E-state index in [1.807, 2.05) is 0 Å². The van der Waals surface area contributed by atoms with Gasteiger partial charge in [-0.3, -0.25) is 4.79 Å². The summed E-state index contributed by atoms with van der Waals surface area (Å²) < 4.78 is 28.7. The minimum atomic E-state index is -3.39. The third-order valence-electron chi connectivity index (χ3n) is 3.26. The van der Waals surface area contributed by atoms with E-state index in [-0.39, 0.29) is 28.3 Å². The molecule has 0 fully saturated rings. The molecule has 1 heterocycles. The minimum absolute atomic E-state index is 0.0715. The Morgan fingerprint density at radius 3 is 2.38 bits per heavy atom. The zero-order valence-corrected chi connectivity index (χ0v) is 14.1. The van der Waals surface area contributed by atoms with Crippen LogP contribution in [0.25, 0.3) is 11.1 Å². The lowest BCUT2D eigenvalue weighted by atomic mass is 10.1. The molecule has 1 aromatic carbocycles. The quantitative estimate of drug-likeness (QED) is 0.807. The fourth-order valence-corrected chi connectivity index (χ4v) is 2.72. The second-order valence-corrected chi connectivity index (χ2v) is 7.03. The molecule has 0 aliphatic rings. The van der Waals surface area contributed by atoms with Crippen molar-refractivity contribution in [2.75, 3.05) is 12.9 Å². The summed E-state index contributed by atoms with van der Waals surface area (Å²) in [5.41, 5.74) is -0.919. The van der Waals surface area contributed by atoms with Gasteiger partial charge in [0.2, 0.25) is 5.69 Å². The molecule has 1 aromatic heterocycles. The van der Waals surface area contributed by atoms with Gasteiger partial charge in [0.25, 0.3) is 5.56 Å². The highest BCUT2D eigenvalue weighted by molar-refractivity contribution is 7.90. The first kappa shape index (κ1) is 17.7. The number of esters is 1. The Balaban J connectivity index is 2.66. The van der Waals surface area contributed by atoms with Crippen molar-refractivity contribution in [3.8, 4) is 16.9 Å². The summed E-state index contributed by atoms with van der Waals surface area (Å²) >= 11 is 0. The molecule has 0 aliphatic carbocycles. The van der Waals surface area contributed by atoms with E-state index in [0.29, 0.717) is 0 Å². The van der Waals surface area contributed by atoms with Gasteiger partial charge in [0.1, 0.15) is 0 Å². The highest BCUT2D eigenvalue weighted by Gasteiger charge is 2.23. The lowest BCUT2D eigenvalue weighted by Gasteiger charge is -2.10. The molecule has 0 spiro atoms. The number of nitrogens with zero attached hydrogens (tertiary/aromatic N) is 2. The lowest BCUT2D eigenvalue weighted by Crippen LogP contribution is -2.25. The van der Waals surface area contributed by atoms with Crippen LogP contribution in [0, 0.1) is 0 Å². The molecule has 2 aromatic rings. The van der Waals surface area contributed by atoms with E-state index in [9.17, 15) is 23.1 Å². The summed E-state index contributed by atoms with van der Waals surface area (Å²) in [6.07, 6.45) is 1.06. The van der Waals surface area contributed by atoms with Gasteiger partial charge in [-0.25, -0.2) is 17.9 Å². The van der Waals surface area contributed by atoms with E-state index in [0.717, 1.165) is 10.9 Å². The van der Waals surface area contributed by atoms with Crippen LogP contribution in [0.15, 0.2) is 34.0 Å². The maximum atomic E-state index is 12.3. The van der Waals surface area contributed by atoms with Gasteiger partial charge in [-0.2, -0.15) is 5.10 Å². The Kier molecular flexibility index (Phi) is 4.74. The lowest BCUT2D eigenvalue weighted by molar-refractivity contribution is 0.0512. The number of hydrogen-bond donors (Lipinski definition) is 1. The van der Waals surface area contributed by atoms with E-state index in [2.05, 4.69) is 5.10 Å². The van der Waals surface area contributed by atoms with Gasteiger partial charge in [-0.15, -0.1) is 0 Å². The normalized spacial score (nSPS) is 11.3. The molecule has 0 bridgehead atoms. The molecular weight excluding hydrogens is 336 g/mol. The standard InChI is InChI=1S/C15H16N2O6S/c1-4-23-15(20)12-13(18)11(14(19)17(2)16-12)9-5-7-10(8-6-9)24(3,21)22/h5-8,18H,4H2,1-3H3. The third-order valence-corrected chi connectivity index (χ3v) is 4.39. The molecule has 0 radical (unpaired) electrons. The molecule has 8 nitrogen and oxygen atoms in total. The number of carbonyl (C=O) groups excluding carboxylic acids is 1. The summed E-state index contributed by atoms with van der Waals surface area (Å²) in [5, 5.41) is 14.0. The Hall–Kier alpha value is -2.68. The summed E-state index contributed by atoms with van der Waals surface area (Å²) in [4.78, 5) is 24.2. The van der Waals surface area contributed by atoms with E-state index < -0.39 is 27.1 Å². The number of benzene rings is 1. The van der Waals surface area contributed by atoms with Crippen molar-refractivity contribution in [1.82, 2.24) is 9.78 Å². The van der Waals surface area contributed by atoms with Crippen molar-refractivity contribution in [2.45, 2.75) is 11.8 Å². The van der Waals surface area contributed by atoms with Crippen LogP contribution in [0.1, 0.15) is 17.4 Å². The third kappa shape index (κ3) is 3.30. The zero-order chi connectivity index (χ0) is 18.1. The first-order valence-corrected chi connectivity index (χ1v) is 8.83. The molecule has 0 amide bonds. The van der Waals surface area contributed by atoms with Gasteiger partial charge in [0, 0.05) is 13.3 Å². The maximum Gasteiger partial charge on any atom is 0.362 e. The van der Waals surface area contributed by atoms with Gasteiger partial charge in [0.05, 0.1) is 17.1 Å². The fourth-order valence-electron chi connectivity index (χ4n) is 2.09. The molecule has 2 rings (SSSR count). The summed E-state index contributed by atoms with van der Waals surface area (Å²) in [7, 11) is -2.06. The van der Waals surface area contributed by atoms with E-state index in [4.69, 9.17) is 4.74 Å². The SMILES string of the molecule is CCOC(=O)c1nn(C)c(=O)c(-c2ccc(S(C)(=O)=O)cc2)c1O. The fraction of sp³-hybridized carbons (Fsp3) is 0.267. The van der Waals surface area contributed by atoms with E-state index in [1.165, 1.54) is 31.3 Å². The second-order valence-electron chi connectivity index (χ2n) is 5.02. The molecule has 0 saturated carbocycles. The molecule has 0 saturated heterocycles. The first-order valence-electron chi connectivity index (χ1n) is 6.94. The van der Waals surface area contributed by atoms with Gasteiger partial charge in [-0.05, 0) is 24.6 Å². The molecule has 1 N–H and O–H groups in total. The number of sulfone groups is 1. The molecule has 128 valence electrons. The van der Waals surface area contributed by atoms with Crippen LogP contribution >= 0.6 is 0 Å². The molecule has 9 heteroatoms. The van der Waals surface area contributed by atoms with Crippen LogP contribution < -0.4 is 5.56 Å². The summed E-state index contributed by atoms with van der Waals surface area (Å²) in [6.45, 7) is 1.68. The molecular formula is C15H16N2O6S. The number of hydrogen-bond acceptors (Lipinski definition) is 7. The summed E-state index contributed by atoms with van der Waals surface area (Å²) in [5.74, 6) is -1.47. The van der Waals surface area contributed by atoms with Crippen molar-refractivity contribution < 1.29 is 23.1 Å². The number of aromatic hydroxyl groups is 1. The van der Waals surface area contributed by atoms with Crippen LogP contribution in [0.3, 0.4) is 0 Å². The Morgan fingerprint density at radius 2 is 1.88 bits per heavy atom. The summed E-state index contributed by atoms with van der Waals surface area (Å²) in [6, 6.07) is 5.38. The predicted octanol–water partition coefficient (Wildman–Crippen LogP) is 0.733. The van der Waals surface area contributed by atoms with Crippen molar-refractivity contribution in [3.05, 3.63) is 40.3 Å². The van der Waals surface area contributed by atoms with Gasteiger partial charge >= 0.3 is 5.97 Å². The predicted molar refractivity (Wildman–Crippen MR) is 85.6 cm³/mol. The van der Waals surface area contributed by atoms with Crippen LogP contribution in [-0.4, -0.2) is 42.1 Å². The maximum absolute atomic E-state index is 12.3. The van der Waals surface area contributed by atoms with Crippen molar-refractivity contribution in [1.29, 1.82) is 0 Å². The highest BCUT2D eigenvalue weighted by Crippen LogP contribution is 2.29. The largest absolute Gasteiger partial charge is 0.505 e. The van der Waals surface area contributed by atoms with Crippen molar-refractivity contribution in [3.63, 3.8) is 0 Å². The Morgan fingerprint density at radius 1 is 1.29 bits per heavy atom. The molecule has 24 heavy (non-hydrogen) atoms. The van der Waals surface area contributed by atoms with Crippen LogP contribution in [0.2, 0.25) is 0 Å². The zero-order valence-electron chi connectivity index (χ0n) is 13.3. The second kappa shape index (κ2) is 6.44. The smallest absolute Gasteiger partial charge is 0.362 e.